The SMILES string of the molecule is COCC(C)Nc1nc(C)cn1CCc1cscn1. The van der Waals surface area contributed by atoms with Crippen LogP contribution in [0.5, 0.6) is 0 Å². The van der Waals surface area contributed by atoms with E-state index in [9.17, 15) is 0 Å². The van der Waals surface area contributed by atoms with Crippen molar-refractivity contribution in [1.82, 2.24) is 14.5 Å². The van der Waals surface area contributed by atoms with Crippen molar-refractivity contribution in [1.29, 1.82) is 0 Å². The molecule has 6 heteroatoms. The molecular formula is C13H20N4OS. The Morgan fingerprint density at radius 1 is 1.53 bits per heavy atom. The second-order valence-electron chi connectivity index (χ2n) is 4.63. The molecule has 2 rings (SSSR count). The van der Waals surface area contributed by atoms with Crippen molar-refractivity contribution in [3.05, 3.63) is 28.5 Å². The zero-order valence-electron chi connectivity index (χ0n) is 11.6. The Balaban J connectivity index is 1.99. The van der Waals surface area contributed by atoms with Crippen molar-refractivity contribution in [2.75, 3.05) is 19.0 Å². The third-order valence-electron chi connectivity index (χ3n) is 2.78. The number of imidazole rings is 1. The normalized spacial score (nSPS) is 12.6. The Bertz CT molecular complexity index is 495. The van der Waals surface area contributed by atoms with Gasteiger partial charge in [-0.05, 0) is 13.8 Å². The van der Waals surface area contributed by atoms with Crippen molar-refractivity contribution in [3.8, 4) is 0 Å². The zero-order chi connectivity index (χ0) is 13.7. The maximum atomic E-state index is 5.13. The molecule has 0 amide bonds. The summed E-state index contributed by atoms with van der Waals surface area (Å²) in [5.74, 6) is 0.900. The van der Waals surface area contributed by atoms with Crippen LogP contribution in [0.1, 0.15) is 18.3 Å². The molecule has 2 aromatic heterocycles. The lowest BCUT2D eigenvalue weighted by Gasteiger charge is -2.14. The summed E-state index contributed by atoms with van der Waals surface area (Å²) < 4.78 is 7.27. The van der Waals surface area contributed by atoms with Gasteiger partial charge in [0.1, 0.15) is 0 Å². The van der Waals surface area contributed by atoms with Gasteiger partial charge in [0.15, 0.2) is 0 Å². The molecule has 0 saturated carbocycles. The van der Waals surface area contributed by atoms with Crippen molar-refractivity contribution < 1.29 is 4.74 Å². The topological polar surface area (TPSA) is 52.0 Å². The Kier molecular flexibility index (Phi) is 4.93. The van der Waals surface area contributed by atoms with Crippen LogP contribution in [0.2, 0.25) is 0 Å². The number of nitrogens with one attached hydrogen (secondary N) is 1. The van der Waals surface area contributed by atoms with E-state index < -0.39 is 0 Å². The van der Waals surface area contributed by atoms with Gasteiger partial charge in [0, 0.05) is 37.7 Å². The molecule has 1 unspecified atom stereocenters. The number of nitrogens with zero attached hydrogens (tertiary/aromatic N) is 3. The van der Waals surface area contributed by atoms with Crippen LogP contribution in [0.15, 0.2) is 17.1 Å². The van der Waals surface area contributed by atoms with E-state index in [0.717, 1.165) is 30.3 Å². The summed E-state index contributed by atoms with van der Waals surface area (Å²) in [5, 5.41) is 5.46. The largest absolute Gasteiger partial charge is 0.383 e. The highest BCUT2D eigenvalue weighted by molar-refractivity contribution is 7.07. The fraction of sp³-hybridized carbons (Fsp3) is 0.538. The lowest BCUT2D eigenvalue weighted by Crippen LogP contribution is -2.23. The van der Waals surface area contributed by atoms with Gasteiger partial charge in [-0.15, -0.1) is 11.3 Å². The number of anilines is 1. The molecule has 5 nitrogen and oxygen atoms in total. The molecule has 2 heterocycles. The fourth-order valence-corrected chi connectivity index (χ4v) is 2.53. The van der Waals surface area contributed by atoms with Crippen molar-refractivity contribution >= 4 is 17.3 Å². The molecule has 0 spiro atoms. The number of hydrogen-bond donors (Lipinski definition) is 1. The van der Waals surface area contributed by atoms with Crippen molar-refractivity contribution in [2.45, 2.75) is 32.9 Å². The van der Waals surface area contributed by atoms with E-state index in [-0.39, 0.29) is 6.04 Å². The van der Waals surface area contributed by atoms with Crippen LogP contribution in [-0.4, -0.2) is 34.3 Å². The monoisotopic (exact) mass is 280 g/mol. The smallest absolute Gasteiger partial charge is 0.203 e. The number of methoxy groups -OCH3 is 1. The van der Waals surface area contributed by atoms with Gasteiger partial charge in [0.25, 0.3) is 0 Å². The third-order valence-corrected chi connectivity index (χ3v) is 3.42. The number of thiazole rings is 1. The maximum Gasteiger partial charge on any atom is 0.203 e. The predicted molar refractivity (Wildman–Crippen MR) is 77.7 cm³/mol. The first kappa shape index (κ1) is 14.0. The highest BCUT2D eigenvalue weighted by atomic mass is 32.1. The van der Waals surface area contributed by atoms with E-state index in [1.54, 1.807) is 18.4 Å². The summed E-state index contributed by atoms with van der Waals surface area (Å²) >= 11 is 1.63. The third kappa shape index (κ3) is 4.04. The quantitative estimate of drug-likeness (QED) is 0.846. The van der Waals surface area contributed by atoms with Gasteiger partial charge in [-0.2, -0.15) is 0 Å². The van der Waals surface area contributed by atoms with Gasteiger partial charge in [-0.3, -0.25) is 0 Å². The summed E-state index contributed by atoms with van der Waals surface area (Å²) in [4.78, 5) is 8.81. The molecule has 1 atom stereocenters. The standard InChI is InChI=1S/C13H20N4OS/c1-10-6-17(5-4-12-8-19-9-14-12)13(15-10)16-11(2)7-18-3/h6,8-9,11H,4-5,7H2,1-3H3,(H,15,16). The number of rotatable bonds is 7. The van der Waals surface area contributed by atoms with Crippen LogP contribution < -0.4 is 5.32 Å². The summed E-state index contributed by atoms with van der Waals surface area (Å²) in [6.45, 7) is 5.63. The van der Waals surface area contributed by atoms with Gasteiger partial charge in [-0.25, -0.2) is 9.97 Å². The van der Waals surface area contributed by atoms with Crippen LogP contribution in [0, 0.1) is 6.92 Å². The number of ether oxygens (including phenoxy) is 1. The first-order chi connectivity index (χ1) is 9.19. The van der Waals surface area contributed by atoms with Crippen LogP contribution >= 0.6 is 11.3 Å². The van der Waals surface area contributed by atoms with Gasteiger partial charge in [-0.1, -0.05) is 0 Å². The van der Waals surface area contributed by atoms with E-state index >= 15 is 0 Å². The Labute approximate surface area is 117 Å². The summed E-state index contributed by atoms with van der Waals surface area (Å²) in [7, 11) is 1.71. The second kappa shape index (κ2) is 6.68. The molecule has 0 saturated heterocycles. The molecule has 19 heavy (non-hydrogen) atoms. The minimum absolute atomic E-state index is 0.241. The number of hydrogen-bond acceptors (Lipinski definition) is 5. The van der Waals surface area contributed by atoms with Crippen LogP contribution in [-0.2, 0) is 17.7 Å². The first-order valence-corrected chi connectivity index (χ1v) is 7.29. The average Bonchev–Trinajstić information content (AvgIpc) is 2.97. The van der Waals surface area contributed by atoms with Crippen LogP contribution in [0.3, 0.4) is 0 Å². The molecule has 2 aromatic rings. The van der Waals surface area contributed by atoms with Crippen LogP contribution in [0.4, 0.5) is 5.95 Å². The number of aromatic nitrogens is 3. The first-order valence-electron chi connectivity index (χ1n) is 6.35. The Morgan fingerprint density at radius 2 is 2.37 bits per heavy atom. The predicted octanol–water partition coefficient (Wildman–Crippen LogP) is 2.34. The Hall–Kier alpha value is -1.40. The van der Waals surface area contributed by atoms with Crippen LogP contribution in [0.25, 0.3) is 0 Å². The molecule has 0 aliphatic heterocycles. The van der Waals surface area contributed by atoms with E-state index in [2.05, 4.69) is 38.4 Å². The summed E-state index contributed by atoms with van der Waals surface area (Å²) in [6, 6.07) is 0.241. The summed E-state index contributed by atoms with van der Waals surface area (Å²) in [5.41, 5.74) is 4.02. The molecular weight excluding hydrogens is 260 g/mol. The highest BCUT2D eigenvalue weighted by Crippen LogP contribution is 2.12. The lowest BCUT2D eigenvalue weighted by atomic mass is 10.3. The average molecular weight is 280 g/mol. The van der Waals surface area contributed by atoms with E-state index in [0.29, 0.717) is 6.61 Å². The van der Waals surface area contributed by atoms with E-state index in [1.807, 2.05) is 12.4 Å². The van der Waals surface area contributed by atoms with Crippen molar-refractivity contribution in [3.63, 3.8) is 0 Å². The summed E-state index contributed by atoms with van der Waals surface area (Å²) in [6.07, 6.45) is 2.99. The van der Waals surface area contributed by atoms with Gasteiger partial charge in [0.05, 0.1) is 23.5 Å². The Morgan fingerprint density at radius 3 is 3.05 bits per heavy atom. The molecule has 0 aromatic carbocycles. The highest BCUT2D eigenvalue weighted by Gasteiger charge is 2.09. The van der Waals surface area contributed by atoms with E-state index in [1.165, 1.54) is 0 Å². The maximum absolute atomic E-state index is 5.13. The molecule has 0 radical (unpaired) electrons. The molecule has 0 bridgehead atoms. The molecule has 1 N–H and O–H groups in total. The molecule has 0 aliphatic carbocycles. The van der Waals surface area contributed by atoms with Gasteiger partial charge < -0.3 is 14.6 Å². The lowest BCUT2D eigenvalue weighted by molar-refractivity contribution is 0.190. The molecule has 104 valence electrons. The van der Waals surface area contributed by atoms with E-state index in [4.69, 9.17) is 4.74 Å². The van der Waals surface area contributed by atoms with Gasteiger partial charge in [0.2, 0.25) is 5.95 Å². The molecule has 0 aliphatic rings. The second-order valence-corrected chi connectivity index (χ2v) is 5.35. The minimum atomic E-state index is 0.241. The van der Waals surface area contributed by atoms with Crippen molar-refractivity contribution in [2.24, 2.45) is 0 Å². The minimum Gasteiger partial charge on any atom is -0.383 e. The number of aryl methyl sites for hydroxylation is 3. The molecule has 0 fully saturated rings. The zero-order valence-corrected chi connectivity index (χ0v) is 12.4. The van der Waals surface area contributed by atoms with Gasteiger partial charge >= 0.3 is 0 Å². The fourth-order valence-electron chi connectivity index (χ4n) is 1.94.